The standard InChI is InChI=1S/C18H18ClFN2O2/c19-15-9-14(5-6-16(15)20)17-11-22(7-8-24-17)18(23)13-3-1-12(10-21)2-4-13/h1-6,9,17H,7-8,10-11,21H2. The van der Waals surface area contributed by atoms with Gasteiger partial charge in [0.2, 0.25) is 0 Å². The molecule has 1 fully saturated rings. The Kier molecular flexibility index (Phi) is 5.14. The van der Waals surface area contributed by atoms with Crippen molar-refractivity contribution in [2.24, 2.45) is 5.73 Å². The molecule has 1 aliphatic heterocycles. The Labute approximate surface area is 145 Å². The summed E-state index contributed by atoms with van der Waals surface area (Å²) in [6.07, 6.45) is -0.316. The largest absolute Gasteiger partial charge is 0.370 e. The number of hydrogen-bond donors (Lipinski definition) is 1. The van der Waals surface area contributed by atoms with E-state index in [0.717, 1.165) is 11.1 Å². The lowest BCUT2D eigenvalue weighted by Gasteiger charge is -2.33. The van der Waals surface area contributed by atoms with Crippen LogP contribution in [0.1, 0.15) is 27.6 Å². The van der Waals surface area contributed by atoms with E-state index < -0.39 is 5.82 Å². The Bertz CT molecular complexity index is 736. The number of carbonyl (C=O) groups excluding carboxylic acids is 1. The lowest BCUT2D eigenvalue weighted by atomic mass is 10.1. The maximum absolute atomic E-state index is 13.3. The van der Waals surface area contributed by atoms with Crippen LogP contribution in [0.25, 0.3) is 0 Å². The highest BCUT2D eigenvalue weighted by molar-refractivity contribution is 6.30. The topological polar surface area (TPSA) is 55.6 Å². The summed E-state index contributed by atoms with van der Waals surface area (Å²) in [6, 6.07) is 11.8. The van der Waals surface area contributed by atoms with E-state index in [9.17, 15) is 9.18 Å². The van der Waals surface area contributed by atoms with Gasteiger partial charge in [0.15, 0.2) is 0 Å². The van der Waals surface area contributed by atoms with Crippen LogP contribution in [0.15, 0.2) is 42.5 Å². The minimum absolute atomic E-state index is 0.0527. The third kappa shape index (κ3) is 3.59. The molecule has 1 unspecified atom stereocenters. The van der Waals surface area contributed by atoms with Crippen LogP contribution >= 0.6 is 11.6 Å². The molecular formula is C18H18ClFN2O2. The highest BCUT2D eigenvalue weighted by Gasteiger charge is 2.26. The molecule has 1 amide bonds. The van der Waals surface area contributed by atoms with Crippen LogP contribution in [0, 0.1) is 5.82 Å². The first-order chi connectivity index (χ1) is 11.6. The number of ether oxygens (including phenoxy) is 1. The van der Waals surface area contributed by atoms with Gasteiger partial charge < -0.3 is 15.4 Å². The molecule has 2 N–H and O–H groups in total. The van der Waals surface area contributed by atoms with Crippen molar-refractivity contribution in [2.75, 3.05) is 19.7 Å². The first-order valence-corrected chi connectivity index (χ1v) is 8.11. The number of morpholine rings is 1. The lowest BCUT2D eigenvalue weighted by molar-refractivity contribution is -0.0228. The molecule has 1 saturated heterocycles. The highest BCUT2D eigenvalue weighted by atomic mass is 35.5. The van der Waals surface area contributed by atoms with Crippen molar-refractivity contribution in [1.29, 1.82) is 0 Å². The molecule has 2 aromatic rings. The minimum atomic E-state index is -0.468. The van der Waals surface area contributed by atoms with E-state index >= 15 is 0 Å². The van der Waals surface area contributed by atoms with Crippen LogP contribution in [0.2, 0.25) is 5.02 Å². The van der Waals surface area contributed by atoms with Gasteiger partial charge in [-0.15, -0.1) is 0 Å². The van der Waals surface area contributed by atoms with Crippen molar-refractivity contribution in [3.05, 3.63) is 70.0 Å². The van der Waals surface area contributed by atoms with E-state index in [0.29, 0.717) is 31.8 Å². The van der Waals surface area contributed by atoms with Crippen molar-refractivity contribution in [1.82, 2.24) is 4.90 Å². The minimum Gasteiger partial charge on any atom is -0.370 e. The molecule has 1 atom stereocenters. The number of carbonyl (C=O) groups is 1. The van der Waals surface area contributed by atoms with Crippen LogP contribution in [0.4, 0.5) is 4.39 Å². The summed E-state index contributed by atoms with van der Waals surface area (Å²) in [5.41, 5.74) is 7.93. The lowest BCUT2D eigenvalue weighted by Crippen LogP contribution is -2.42. The number of benzene rings is 2. The molecule has 0 saturated carbocycles. The third-order valence-electron chi connectivity index (χ3n) is 4.11. The SMILES string of the molecule is NCc1ccc(C(=O)N2CCOC(c3ccc(F)c(Cl)c3)C2)cc1. The van der Waals surface area contributed by atoms with Crippen LogP contribution in [-0.4, -0.2) is 30.5 Å². The maximum atomic E-state index is 13.3. The third-order valence-corrected chi connectivity index (χ3v) is 4.40. The summed E-state index contributed by atoms with van der Waals surface area (Å²) < 4.78 is 19.0. The first kappa shape index (κ1) is 16.9. The van der Waals surface area contributed by atoms with Crippen LogP contribution in [0.3, 0.4) is 0 Å². The molecule has 0 bridgehead atoms. The summed E-state index contributed by atoms with van der Waals surface area (Å²) in [6.45, 7) is 1.79. The predicted octanol–water partition coefficient (Wildman–Crippen LogP) is 3.15. The number of halogens is 2. The zero-order valence-electron chi connectivity index (χ0n) is 13.0. The number of nitrogens with zero attached hydrogens (tertiary/aromatic N) is 1. The van der Waals surface area contributed by atoms with Gasteiger partial charge in [-0.2, -0.15) is 0 Å². The summed E-state index contributed by atoms with van der Waals surface area (Å²) in [4.78, 5) is 14.4. The molecule has 0 aliphatic carbocycles. The Morgan fingerprint density at radius 3 is 2.71 bits per heavy atom. The van der Waals surface area contributed by atoms with Crippen molar-refractivity contribution in [3.63, 3.8) is 0 Å². The zero-order valence-corrected chi connectivity index (χ0v) is 13.8. The summed E-state index contributed by atoms with van der Waals surface area (Å²) in [5.74, 6) is -0.524. The van der Waals surface area contributed by atoms with E-state index in [1.165, 1.54) is 6.07 Å². The van der Waals surface area contributed by atoms with Gasteiger partial charge in [-0.25, -0.2) is 4.39 Å². The van der Waals surface area contributed by atoms with E-state index in [1.807, 2.05) is 12.1 Å². The molecule has 6 heteroatoms. The second kappa shape index (κ2) is 7.30. The van der Waals surface area contributed by atoms with Crippen molar-refractivity contribution < 1.29 is 13.9 Å². The molecule has 24 heavy (non-hydrogen) atoms. The van der Waals surface area contributed by atoms with Gasteiger partial charge in [-0.1, -0.05) is 29.8 Å². The molecule has 0 aromatic heterocycles. The quantitative estimate of drug-likeness (QED) is 0.927. The molecule has 0 spiro atoms. The average Bonchev–Trinajstić information content (AvgIpc) is 2.63. The van der Waals surface area contributed by atoms with E-state index in [1.54, 1.807) is 29.2 Å². The van der Waals surface area contributed by atoms with E-state index in [-0.39, 0.29) is 17.0 Å². The van der Waals surface area contributed by atoms with Gasteiger partial charge in [-0.05, 0) is 35.4 Å². The number of nitrogens with two attached hydrogens (primary N) is 1. The van der Waals surface area contributed by atoms with Gasteiger partial charge in [0, 0.05) is 18.7 Å². The smallest absolute Gasteiger partial charge is 0.254 e. The molecular weight excluding hydrogens is 331 g/mol. The molecule has 1 heterocycles. The number of amides is 1. The summed E-state index contributed by atoms with van der Waals surface area (Å²) in [5, 5.41) is 0.0527. The second-order valence-electron chi connectivity index (χ2n) is 5.69. The monoisotopic (exact) mass is 348 g/mol. The molecule has 126 valence electrons. The van der Waals surface area contributed by atoms with Gasteiger partial charge in [0.05, 0.1) is 18.2 Å². The zero-order chi connectivity index (χ0) is 17.1. The van der Waals surface area contributed by atoms with Crippen LogP contribution < -0.4 is 5.73 Å². The van der Waals surface area contributed by atoms with Crippen LogP contribution in [-0.2, 0) is 11.3 Å². The molecule has 4 nitrogen and oxygen atoms in total. The fraction of sp³-hybridized carbons (Fsp3) is 0.278. The Balaban J connectivity index is 1.74. The van der Waals surface area contributed by atoms with E-state index in [4.69, 9.17) is 22.1 Å². The highest BCUT2D eigenvalue weighted by Crippen LogP contribution is 2.26. The fourth-order valence-electron chi connectivity index (χ4n) is 2.71. The maximum Gasteiger partial charge on any atom is 0.254 e. The fourth-order valence-corrected chi connectivity index (χ4v) is 2.90. The summed E-state index contributed by atoms with van der Waals surface area (Å²) >= 11 is 5.84. The van der Waals surface area contributed by atoms with Crippen molar-refractivity contribution in [3.8, 4) is 0 Å². The Morgan fingerprint density at radius 2 is 2.04 bits per heavy atom. The second-order valence-corrected chi connectivity index (χ2v) is 6.09. The van der Waals surface area contributed by atoms with Crippen molar-refractivity contribution >= 4 is 17.5 Å². The van der Waals surface area contributed by atoms with Crippen molar-refractivity contribution in [2.45, 2.75) is 12.6 Å². The van der Waals surface area contributed by atoms with Gasteiger partial charge >= 0.3 is 0 Å². The predicted molar refractivity (Wildman–Crippen MR) is 90.3 cm³/mol. The number of rotatable bonds is 3. The first-order valence-electron chi connectivity index (χ1n) is 7.73. The Hall–Kier alpha value is -1.95. The normalized spacial score (nSPS) is 17.8. The molecule has 1 aliphatic rings. The molecule has 0 radical (unpaired) electrons. The van der Waals surface area contributed by atoms with E-state index in [2.05, 4.69) is 0 Å². The molecule has 3 rings (SSSR count). The van der Waals surface area contributed by atoms with Gasteiger partial charge in [0.1, 0.15) is 11.9 Å². The number of hydrogen-bond acceptors (Lipinski definition) is 3. The molecule has 2 aromatic carbocycles. The Morgan fingerprint density at radius 1 is 1.29 bits per heavy atom. The average molecular weight is 349 g/mol. The van der Waals surface area contributed by atoms with Crippen LogP contribution in [0.5, 0.6) is 0 Å². The summed E-state index contributed by atoms with van der Waals surface area (Å²) in [7, 11) is 0. The van der Waals surface area contributed by atoms with Gasteiger partial charge in [-0.3, -0.25) is 4.79 Å². The van der Waals surface area contributed by atoms with Gasteiger partial charge in [0.25, 0.3) is 5.91 Å².